The van der Waals surface area contributed by atoms with E-state index in [-0.39, 0.29) is 24.4 Å². The summed E-state index contributed by atoms with van der Waals surface area (Å²) in [6.07, 6.45) is 0. The van der Waals surface area contributed by atoms with Crippen molar-refractivity contribution >= 4 is 30.1 Å². The first-order valence-electron chi connectivity index (χ1n) is 8.19. The van der Waals surface area contributed by atoms with Crippen LogP contribution in [0.15, 0.2) is 48.5 Å². The molecule has 2 aromatic carbocycles. The van der Waals surface area contributed by atoms with Crippen molar-refractivity contribution in [1.29, 1.82) is 0 Å². The number of methoxy groups -OCH3 is 1. The summed E-state index contributed by atoms with van der Waals surface area (Å²) in [4.78, 5) is 12.1. The fraction of sp³-hybridized carbons (Fsp3) is 0.316. The number of rotatable bonds is 7. The Morgan fingerprint density at radius 1 is 1.19 bits per heavy atom. The van der Waals surface area contributed by atoms with Crippen LogP contribution in [0, 0.1) is 0 Å². The second kappa shape index (κ2) is 10.3. The van der Waals surface area contributed by atoms with Gasteiger partial charge in [-0.15, -0.1) is 24.2 Å². The fourth-order valence-electron chi connectivity index (χ4n) is 2.55. The second-order valence-electron chi connectivity index (χ2n) is 5.75. The zero-order chi connectivity index (χ0) is 17.5. The van der Waals surface area contributed by atoms with Crippen LogP contribution in [0.4, 0.5) is 0 Å². The molecule has 140 valence electrons. The number of carbonyl (C=O) groups excluding carboxylic acids is 1. The standard InChI is InChI=1S/C19H22N2O3S.ClH/c1-23-18-9-15(10-20-19(22)16-12-25-13-21-16)7-8-17(18)24-11-14-5-3-2-4-6-14;/h2-9,16,21H,10-13H2,1H3,(H,20,22);1H. The van der Waals surface area contributed by atoms with Gasteiger partial charge in [0.15, 0.2) is 11.5 Å². The van der Waals surface area contributed by atoms with Crippen LogP contribution in [0.1, 0.15) is 11.1 Å². The molecule has 0 aliphatic carbocycles. The van der Waals surface area contributed by atoms with Crippen LogP contribution in [0.25, 0.3) is 0 Å². The molecular formula is C19H23ClN2O3S. The molecule has 1 aliphatic rings. The number of hydrogen-bond donors (Lipinski definition) is 2. The average Bonchev–Trinajstić information content (AvgIpc) is 3.20. The molecule has 1 unspecified atom stereocenters. The van der Waals surface area contributed by atoms with Gasteiger partial charge < -0.3 is 14.8 Å². The van der Waals surface area contributed by atoms with Gasteiger partial charge in [0.05, 0.1) is 13.2 Å². The van der Waals surface area contributed by atoms with E-state index in [0.29, 0.717) is 24.7 Å². The number of amides is 1. The van der Waals surface area contributed by atoms with Gasteiger partial charge in [0, 0.05) is 18.2 Å². The molecule has 0 saturated carbocycles. The molecule has 1 atom stereocenters. The van der Waals surface area contributed by atoms with Crippen molar-refractivity contribution in [2.24, 2.45) is 0 Å². The fourth-order valence-corrected chi connectivity index (χ4v) is 3.49. The van der Waals surface area contributed by atoms with Crippen LogP contribution in [-0.2, 0) is 17.9 Å². The van der Waals surface area contributed by atoms with Crippen LogP contribution >= 0.6 is 24.2 Å². The van der Waals surface area contributed by atoms with Crippen LogP contribution < -0.4 is 20.1 Å². The Bertz CT molecular complexity index is 709. The quantitative estimate of drug-likeness (QED) is 0.756. The predicted octanol–water partition coefficient (Wildman–Crippen LogP) is 2.97. The molecule has 0 radical (unpaired) electrons. The summed E-state index contributed by atoms with van der Waals surface area (Å²) >= 11 is 1.74. The van der Waals surface area contributed by atoms with Gasteiger partial charge in [-0.05, 0) is 23.3 Å². The Morgan fingerprint density at radius 2 is 2.00 bits per heavy atom. The molecule has 26 heavy (non-hydrogen) atoms. The van der Waals surface area contributed by atoms with Crippen molar-refractivity contribution in [2.75, 3.05) is 18.7 Å². The summed E-state index contributed by atoms with van der Waals surface area (Å²) in [6, 6.07) is 15.6. The summed E-state index contributed by atoms with van der Waals surface area (Å²) in [7, 11) is 1.62. The van der Waals surface area contributed by atoms with Crippen LogP contribution in [0.2, 0.25) is 0 Å². The number of carbonyl (C=O) groups is 1. The van der Waals surface area contributed by atoms with Crippen LogP contribution in [-0.4, -0.2) is 30.7 Å². The lowest BCUT2D eigenvalue weighted by molar-refractivity contribution is -0.122. The molecule has 1 aliphatic heterocycles. The van der Waals surface area contributed by atoms with E-state index in [0.717, 1.165) is 22.8 Å². The summed E-state index contributed by atoms with van der Waals surface area (Å²) in [5.74, 6) is 3.04. The highest BCUT2D eigenvalue weighted by Crippen LogP contribution is 2.28. The summed E-state index contributed by atoms with van der Waals surface area (Å²) in [5, 5.41) is 6.12. The number of benzene rings is 2. The molecule has 0 bridgehead atoms. The molecule has 1 saturated heterocycles. The first-order chi connectivity index (χ1) is 12.3. The van der Waals surface area contributed by atoms with Gasteiger partial charge >= 0.3 is 0 Å². The van der Waals surface area contributed by atoms with Gasteiger partial charge in [-0.3, -0.25) is 10.1 Å². The number of thioether (sulfide) groups is 1. The zero-order valence-corrected chi connectivity index (χ0v) is 16.2. The highest BCUT2D eigenvalue weighted by atomic mass is 35.5. The Balaban J connectivity index is 0.00000243. The van der Waals surface area contributed by atoms with Crippen LogP contribution in [0.5, 0.6) is 11.5 Å². The Morgan fingerprint density at radius 3 is 2.69 bits per heavy atom. The maximum absolute atomic E-state index is 12.1. The molecule has 1 fully saturated rings. The van der Waals surface area contributed by atoms with E-state index in [1.807, 2.05) is 48.5 Å². The van der Waals surface area contributed by atoms with Gasteiger partial charge in [-0.2, -0.15) is 0 Å². The minimum atomic E-state index is -0.0969. The number of nitrogens with one attached hydrogen (secondary N) is 2. The summed E-state index contributed by atoms with van der Waals surface area (Å²) in [6.45, 7) is 0.954. The van der Waals surface area contributed by atoms with Crippen molar-refractivity contribution in [1.82, 2.24) is 10.6 Å². The minimum absolute atomic E-state index is 0. The molecule has 5 nitrogen and oxygen atoms in total. The number of ether oxygens (including phenoxy) is 2. The maximum Gasteiger partial charge on any atom is 0.238 e. The first-order valence-corrected chi connectivity index (χ1v) is 9.34. The molecule has 0 aromatic heterocycles. The number of halogens is 1. The van der Waals surface area contributed by atoms with Crippen LogP contribution in [0.3, 0.4) is 0 Å². The van der Waals surface area contributed by atoms with E-state index < -0.39 is 0 Å². The largest absolute Gasteiger partial charge is 0.493 e. The monoisotopic (exact) mass is 394 g/mol. The van der Waals surface area contributed by atoms with Crippen molar-refractivity contribution < 1.29 is 14.3 Å². The van der Waals surface area contributed by atoms with E-state index in [9.17, 15) is 4.79 Å². The van der Waals surface area contributed by atoms with E-state index in [1.54, 1.807) is 18.9 Å². The smallest absolute Gasteiger partial charge is 0.238 e. The lowest BCUT2D eigenvalue weighted by Crippen LogP contribution is -2.41. The lowest BCUT2D eigenvalue weighted by Gasteiger charge is -2.14. The molecule has 1 amide bonds. The average molecular weight is 395 g/mol. The van der Waals surface area contributed by atoms with E-state index >= 15 is 0 Å². The highest BCUT2D eigenvalue weighted by molar-refractivity contribution is 7.99. The normalized spacial score (nSPS) is 15.8. The maximum atomic E-state index is 12.1. The van der Waals surface area contributed by atoms with E-state index in [4.69, 9.17) is 9.47 Å². The predicted molar refractivity (Wildman–Crippen MR) is 107 cm³/mol. The minimum Gasteiger partial charge on any atom is -0.493 e. The molecular weight excluding hydrogens is 372 g/mol. The molecule has 7 heteroatoms. The van der Waals surface area contributed by atoms with Crippen molar-refractivity contribution in [3.05, 3.63) is 59.7 Å². The third-order valence-corrected chi connectivity index (χ3v) is 4.90. The molecule has 3 rings (SSSR count). The van der Waals surface area contributed by atoms with Gasteiger partial charge in [-0.1, -0.05) is 36.4 Å². The third kappa shape index (κ3) is 5.56. The van der Waals surface area contributed by atoms with E-state index in [2.05, 4.69) is 10.6 Å². The van der Waals surface area contributed by atoms with Gasteiger partial charge in [0.2, 0.25) is 5.91 Å². The Kier molecular flexibility index (Phi) is 8.09. The number of hydrogen-bond acceptors (Lipinski definition) is 5. The summed E-state index contributed by atoms with van der Waals surface area (Å²) < 4.78 is 11.3. The second-order valence-corrected chi connectivity index (χ2v) is 6.78. The lowest BCUT2D eigenvalue weighted by atomic mass is 10.2. The van der Waals surface area contributed by atoms with E-state index in [1.165, 1.54) is 0 Å². The topological polar surface area (TPSA) is 59.6 Å². The molecule has 1 heterocycles. The van der Waals surface area contributed by atoms with Crippen molar-refractivity contribution in [3.8, 4) is 11.5 Å². The van der Waals surface area contributed by atoms with Crippen molar-refractivity contribution in [3.63, 3.8) is 0 Å². The van der Waals surface area contributed by atoms with Crippen molar-refractivity contribution in [2.45, 2.75) is 19.2 Å². The first kappa shape index (κ1) is 20.4. The molecule has 2 aromatic rings. The zero-order valence-electron chi connectivity index (χ0n) is 14.6. The Hall–Kier alpha value is -1.89. The van der Waals surface area contributed by atoms with Gasteiger partial charge in [-0.25, -0.2) is 0 Å². The molecule has 0 spiro atoms. The van der Waals surface area contributed by atoms with Gasteiger partial charge in [0.1, 0.15) is 6.61 Å². The molecule has 2 N–H and O–H groups in total. The summed E-state index contributed by atoms with van der Waals surface area (Å²) in [5.41, 5.74) is 2.07. The Labute approximate surface area is 164 Å². The third-order valence-electron chi connectivity index (χ3n) is 3.96. The SMILES string of the molecule is COc1cc(CNC(=O)C2CSCN2)ccc1OCc1ccccc1.Cl. The highest BCUT2D eigenvalue weighted by Gasteiger charge is 2.22. The van der Waals surface area contributed by atoms with Gasteiger partial charge in [0.25, 0.3) is 0 Å².